The van der Waals surface area contributed by atoms with Gasteiger partial charge in [0.15, 0.2) is 11.2 Å². The quantitative estimate of drug-likeness (QED) is 0.486. The van der Waals surface area contributed by atoms with E-state index in [1.54, 1.807) is 12.4 Å². The Morgan fingerprint density at radius 2 is 1.66 bits per heavy atom. The van der Waals surface area contributed by atoms with Gasteiger partial charge in [0.2, 0.25) is 0 Å². The number of fused-ring (bicyclic) bond motifs is 1. The van der Waals surface area contributed by atoms with Gasteiger partial charge < -0.3 is 20.5 Å². The summed E-state index contributed by atoms with van der Waals surface area (Å²) in [6.45, 7) is 8.75. The van der Waals surface area contributed by atoms with Crippen molar-refractivity contribution < 1.29 is 32.3 Å². The standard InChI is InChI=1S/C22H27N5O.C2HF3O2/c1-21(2)13-16(14-22(3,4)26-21)24-20(28)19-25-18(15-8-10-23-11-9-15)17-7-5-6-12-27(17)19;3-2(4,5)1(6)7/h5-12,16,26H,13-14H2,1-4H3,(H,24,28);(H,6,7). The van der Waals surface area contributed by atoms with Gasteiger partial charge in [-0.25, -0.2) is 4.98 Å². The minimum Gasteiger partial charge on any atom is -0.542 e. The average molecular weight is 492 g/mol. The van der Waals surface area contributed by atoms with Crippen LogP contribution in [0.2, 0.25) is 0 Å². The van der Waals surface area contributed by atoms with Crippen LogP contribution in [0.5, 0.6) is 0 Å². The number of H-pyrrole nitrogens is 1. The monoisotopic (exact) mass is 491 g/mol. The Hall–Kier alpha value is -3.47. The highest BCUT2D eigenvalue weighted by Gasteiger charge is 2.39. The Bertz CT molecular complexity index is 1190. The zero-order valence-corrected chi connectivity index (χ0v) is 19.9. The number of alkyl halides is 3. The number of amides is 1. The van der Waals surface area contributed by atoms with Gasteiger partial charge in [0.1, 0.15) is 5.97 Å². The van der Waals surface area contributed by atoms with Crippen LogP contribution >= 0.6 is 0 Å². The summed E-state index contributed by atoms with van der Waals surface area (Å²) in [5.41, 5.74) is 2.84. The lowest BCUT2D eigenvalue weighted by Crippen LogP contribution is -2.62. The summed E-state index contributed by atoms with van der Waals surface area (Å²) in [5, 5.41) is 15.7. The summed E-state index contributed by atoms with van der Waals surface area (Å²) >= 11 is 0. The maximum absolute atomic E-state index is 13.2. The molecule has 3 N–H and O–H groups in total. The lowest BCUT2D eigenvalue weighted by molar-refractivity contribution is -0.514. The van der Waals surface area contributed by atoms with Crippen molar-refractivity contribution in [2.45, 2.75) is 63.8 Å². The summed E-state index contributed by atoms with van der Waals surface area (Å²) in [5.74, 6) is -2.55. The van der Waals surface area contributed by atoms with E-state index in [0.29, 0.717) is 5.82 Å². The second-order valence-corrected chi connectivity index (χ2v) is 9.80. The number of piperidine rings is 1. The predicted octanol–water partition coefficient (Wildman–Crippen LogP) is 2.15. The van der Waals surface area contributed by atoms with Crippen molar-refractivity contribution in [2.24, 2.45) is 0 Å². The number of nitrogens with one attached hydrogen (secondary N) is 3. The molecule has 0 spiro atoms. The van der Waals surface area contributed by atoms with Crippen LogP contribution in [-0.4, -0.2) is 45.1 Å². The van der Waals surface area contributed by atoms with E-state index in [1.165, 1.54) is 0 Å². The van der Waals surface area contributed by atoms with Gasteiger partial charge in [-0.15, -0.1) is 0 Å². The first-order chi connectivity index (χ1) is 16.2. The van der Waals surface area contributed by atoms with Crippen LogP contribution in [0.25, 0.3) is 16.8 Å². The molecule has 0 bridgehead atoms. The van der Waals surface area contributed by atoms with Gasteiger partial charge in [-0.1, -0.05) is 6.07 Å². The molecule has 0 aliphatic carbocycles. The van der Waals surface area contributed by atoms with Crippen LogP contribution < -0.4 is 20.1 Å². The Labute approximate surface area is 200 Å². The molecule has 3 aromatic rings. The number of hydrogen-bond donors (Lipinski definition) is 3. The van der Waals surface area contributed by atoms with Gasteiger partial charge in [0.05, 0.1) is 6.20 Å². The van der Waals surface area contributed by atoms with E-state index in [9.17, 15) is 18.0 Å². The van der Waals surface area contributed by atoms with Crippen LogP contribution in [0, 0.1) is 0 Å². The van der Waals surface area contributed by atoms with Crippen LogP contribution in [0.4, 0.5) is 13.2 Å². The summed E-state index contributed by atoms with van der Waals surface area (Å²) < 4.78 is 33.5. The van der Waals surface area contributed by atoms with Crippen LogP contribution in [0.15, 0.2) is 48.9 Å². The highest BCUT2D eigenvalue weighted by molar-refractivity contribution is 5.91. The van der Waals surface area contributed by atoms with Crippen molar-refractivity contribution in [2.75, 3.05) is 0 Å². The highest BCUT2D eigenvalue weighted by atomic mass is 19.4. The molecule has 0 atom stereocenters. The lowest BCUT2D eigenvalue weighted by Gasteiger charge is -2.46. The first-order valence-corrected chi connectivity index (χ1v) is 11.0. The fourth-order valence-corrected chi connectivity index (χ4v) is 4.67. The smallest absolute Gasteiger partial charge is 0.430 e. The number of nitrogens with zero attached hydrogens (tertiary/aromatic N) is 2. The number of pyridine rings is 2. The van der Waals surface area contributed by atoms with Crippen LogP contribution in [-0.2, 0) is 4.79 Å². The molecule has 1 amide bonds. The SMILES string of the molecule is CC1(C)CC(NC(=O)c2[nH]c(-c3ccncc3)c3cccc[n+]23)CC(C)(C)N1.O=C([O-])C(F)(F)F. The number of aliphatic carboxylic acids is 1. The molecular formula is C24H28F3N5O3. The number of carboxylic acid groups (broad SMARTS) is 1. The van der Waals surface area contributed by atoms with E-state index in [0.717, 1.165) is 29.6 Å². The number of carbonyl (C=O) groups is 2. The summed E-state index contributed by atoms with van der Waals surface area (Å²) in [6.07, 6.45) is 2.02. The van der Waals surface area contributed by atoms with Gasteiger partial charge in [-0.3, -0.25) is 9.78 Å². The summed E-state index contributed by atoms with van der Waals surface area (Å²) in [4.78, 5) is 29.4. The molecule has 35 heavy (non-hydrogen) atoms. The third-order valence-electron chi connectivity index (χ3n) is 5.54. The van der Waals surface area contributed by atoms with Gasteiger partial charge in [0.25, 0.3) is 0 Å². The molecule has 3 aromatic heterocycles. The highest BCUT2D eigenvalue weighted by Crippen LogP contribution is 2.29. The molecule has 1 aliphatic rings. The van der Waals surface area contributed by atoms with Gasteiger partial charge in [-0.2, -0.15) is 17.6 Å². The van der Waals surface area contributed by atoms with E-state index < -0.39 is 12.1 Å². The molecule has 4 heterocycles. The number of carbonyl (C=O) groups excluding carboxylic acids is 2. The zero-order valence-electron chi connectivity index (χ0n) is 19.9. The summed E-state index contributed by atoms with van der Waals surface area (Å²) in [6, 6.07) is 9.93. The maximum Gasteiger partial charge on any atom is 0.430 e. The minimum absolute atomic E-state index is 0.0210. The molecule has 0 saturated carbocycles. The van der Waals surface area contributed by atoms with E-state index in [4.69, 9.17) is 9.90 Å². The number of imidazole rings is 1. The molecule has 11 heteroatoms. The average Bonchev–Trinajstić information content (AvgIpc) is 3.12. The van der Waals surface area contributed by atoms with Gasteiger partial charge >= 0.3 is 17.9 Å². The first kappa shape index (κ1) is 26.1. The molecule has 1 saturated heterocycles. The molecule has 4 rings (SSSR count). The van der Waals surface area contributed by atoms with Gasteiger partial charge in [-0.05, 0) is 64.8 Å². The Balaban J connectivity index is 0.000000429. The van der Waals surface area contributed by atoms with Crippen molar-refractivity contribution in [1.82, 2.24) is 20.6 Å². The number of halogens is 3. The van der Waals surface area contributed by atoms with Crippen molar-refractivity contribution in [3.8, 4) is 11.3 Å². The fourth-order valence-electron chi connectivity index (χ4n) is 4.67. The van der Waals surface area contributed by atoms with Crippen molar-refractivity contribution >= 4 is 17.4 Å². The van der Waals surface area contributed by atoms with Crippen molar-refractivity contribution in [3.05, 3.63) is 54.7 Å². The van der Waals surface area contributed by atoms with Crippen LogP contribution in [0.1, 0.15) is 51.2 Å². The fraction of sp³-hybridized carbons (Fsp3) is 0.417. The van der Waals surface area contributed by atoms with E-state index in [-0.39, 0.29) is 23.0 Å². The first-order valence-electron chi connectivity index (χ1n) is 11.0. The number of carboxylic acids is 1. The second-order valence-electron chi connectivity index (χ2n) is 9.80. The second kappa shape index (κ2) is 9.65. The number of aromatic nitrogens is 3. The Morgan fingerprint density at radius 3 is 2.20 bits per heavy atom. The predicted molar refractivity (Wildman–Crippen MR) is 120 cm³/mol. The normalized spacial score (nSPS) is 17.3. The number of hydrogen-bond acceptors (Lipinski definition) is 5. The third-order valence-corrected chi connectivity index (χ3v) is 5.54. The molecule has 0 unspecified atom stereocenters. The lowest BCUT2D eigenvalue weighted by atomic mass is 9.79. The number of aromatic amines is 1. The molecule has 0 aromatic carbocycles. The topological polar surface area (TPSA) is 114 Å². The van der Waals surface area contributed by atoms with E-state index in [2.05, 4.69) is 48.3 Å². The largest absolute Gasteiger partial charge is 0.542 e. The molecular weight excluding hydrogens is 463 g/mol. The maximum atomic E-state index is 13.2. The minimum atomic E-state index is -5.19. The van der Waals surface area contributed by atoms with Gasteiger partial charge in [0, 0.05) is 35.1 Å². The Morgan fingerprint density at radius 1 is 1.09 bits per heavy atom. The summed E-state index contributed by atoms with van der Waals surface area (Å²) in [7, 11) is 0. The molecule has 188 valence electrons. The molecule has 0 radical (unpaired) electrons. The number of rotatable bonds is 3. The molecule has 1 aliphatic heterocycles. The van der Waals surface area contributed by atoms with Crippen molar-refractivity contribution in [1.29, 1.82) is 0 Å². The van der Waals surface area contributed by atoms with E-state index >= 15 is 0 Å². The molecule has 8 nitrogen and oxygen atoms in total. The molecule has 1 fully saturated rings. The van der Waals surface area contributed by atoms with E-state index in [1.807, 2.05) is 40.9 Å². The third kappa shape index (κ3) is 6.56. The van der Waals surface area contributed by atoms with Crippen molar-refractivity contribution in [3.63, 3.8) is 0 Å². The Kier molecular flexibility index (Phi) is 7.21. The van der Waals surface area contributed by atoms with Crippen LogP contribution in [0.3, 0.4) is 0 Å². The zero-order chi connectivity index (χ0) is 26.0.